The van der Waals surface area contributed by atoms with Gasteiger partial charge in [-0.15, -0.1) is 0 Å². The van der Waals surface area contributed by atoms with Crippen LogP contribution in [-0.4, -0.2) is 24.6 Å². The lowest BCUT2D eigenvalue weighted by molar-refractivity contribution is -0.121. The summed E-state index contributed by atoms with van der Waals surface area (Å²) in [5.74, 6) is -0.536. The molecule has 26 heavy (non-hydrogen) atoms. The number of imide groups is 1. The van der Waals surface area contributed by atoms with Crippen LogP contribution in [0.2, 0.25) is 0 Å². The minimum atomic E-state index is -2.90. The molecule has 0 radical (unpaired) electrons. The van der Waals surface area contributed by atoms with E-state index in [9.17, 15) is 18.4 Å². The van der Waals surface area contributed by atoms with E-state index >= 15 is 0 Å². The number of carbonyl (C=O) groups excluding carboxylic acids is 2. The highest BCUT2D eigenvalue weighted by Gasteiger charge is 2.21. The number of rotatable bonds is 7. The predicted molar refractivity (Wildman–Crippen MR) is 91.7 cm³/mol. The van der Waals surface area contributed by atoms with Crippen LogP contribution in [0.3, 0.4) is 0 Å². The van der Waals surface area contributed by atoms with E-state index in [0.717, 1.165) is 11.1 Å². The molecule has 0 bridgehead atoms. The minimum absolute atomic E-state index is 0.0371. The van der Waals surface area contributed by atoms with E-state index in [1.807, 2.05) is 35.6 Å². The van der Waals surface area contributed by atoms with Crippen molar-refractivity contribution in [2.75, 3.05) is 0 Å². The van der Waals surface area contributed by atoms with Crippen LogP contribution in [0.4, 0.5) is 13.6 Å². The highest BCUT2D eigenvalue weighted by molar-refractivity contribution is 5.96. The van der Waals surface area contributed by atoms with Gasteiger partial charge in [0.25, 0.3) is 0 Å². The Labute approximate surface area is 149 Å². The zero-order chi connectivity index (χ0) is 19.1. The number of halogens is 2. The molecule has 2 aromatic rings. The van der Waals surface area contributed by atoms with Gasteiger partial charge in [-0.2, -0.15) is 8.78 Å². The Morgan fingerprint density at radius 3 is 2.12 bits per heavy atom. The molecule has 0 aliphatic carbocycles. The Balaban J connectivity index is 2.24. The van der Waals surface area contributed by atoms with Gasteiger partial charge in [-0.1, -0.05) is 42.5 Å². The van der Waals surface area contributed by atoms with Crippen molar-refractivity contribution >= 4 is 11.9 Å². The first-order chi connectivity index (χ1) is 12.4. The van der Waals surface area contributed by atoms with Crippen molar-refractivity contribution in [1.82, 2.24) is 10.6 Å². The van der Waals surface area contributed by atoms with Crippen molar-refractivity contribution < 1.29 is 23.1 Å². The fourth-order valence-electron chi connectivity index (χ4n) is 2.43. The zero-order valence-electron chi connectivity index (χ0n) is 14.0. The number of primary amides is 1. The maximum Gasteiger partial charge on any atom is 0.387 e. The van der Waals surface area contributed by atoms with Gasteiger partial charge in [-0.05, 0) is 30.2 Å². The summed E-state index contributed by atoms with van der Waals surface area (Å²) in [6.07, 6.45) is 0. The second-order valence-corrected chi connectivity index (χ2v) is 5.53. The number of nitrogens with two attached hydrogens (primary N) is 1. The number of nitrogens with one attached hydrogen (secondary N) is 2. The van der Waals surface area contributed by atoms with Crippen LogP contribution in [0.15, 0.2) is 54.6 Å². The monoisotopic (exact) mass is 363 g/mol. The van der Waals surface area contributed by atoms with E-state index < -0.39 is 30.6 Å². The third kappa shape index (κ3) is 5.52. The molecule has 2 aromatic carbocycles. The molecule has 0 unspecified atom stereocenters. The molecule has 0 heterocycles. The van der Waals surface area contributed by atoms with Gasteiger partial charge in [-0.3, -0.25) is 15.4 Å². The molecule has 0 aliphatic heterocycles. The zero-order valence-corrected chi connectivity index (χ0v) is 14.0. The average Bonchev–Trinajstić information content (AvgIpc) is 2.60. The predicted octanol–water partition coefficient (Wildman–Crippen LogP) is 2.55. The van der Waals surface area contributed by atoms with Crippen LogP contribution >= 0.6 is 0 Å². The summed E-state index contributed by atoms with van der Waals surface area (Å²) in [6.45, 7) is -1.32. The molecule has 8 heteroatoms. The van der Waals surface area contributed by atoms with Crippen molar-refractivity contribution in [3.8, 4) is 5.75 Å². The molecule has 2 rings (SSSR count). The minimum Gasteiger partial charge on any atom is -0.435 e. The Kier molecular flexibility index (Phi) is 6.62. The third-order valence-corrected chi connectivity index (χ3v) is 3.63. The van der Waals surface area contributed by atoms with E-state index in [1.165, 1.54) is 12.1 Å². The molecule has 3 amide bonds. The third-order valence-electron chi connectivity index (χ3n) is 3.63. The first kappa shape index (κ1) is 19.3. The molecule has 0 aliphatic rings. The Bertz CT molecular complexity index is 739. The number of carbonyl (C=O) groups is 2. The average molecular weight is 363 g/mol. The van der Waals surface area contributed by atoms with Gasteiger partial charge in [0.2, 0.25) is 5.91 Å². The molecule has 4 N–H and O–H groups in total. The van der Waals surface area contributed by atoms with Gasteiger partial charge in [0.1, 0.15) is 5.75 Å². The molecule has 0 saturated carbocycles. The summed E-state index contributed by atoms with van der Waals surface area (Å²) < 4.78 is 28.9. The number of alkyl halides is 2. The topological polar surface area (TPSA) is 93.4 Å². The van der Waals surface area contributed by atoms with E-state index in [-0.39, 0.29) is 5.75 Å². The molecule has 0 aromatic heterocycles. The van der Waals surface area contributed by atoms with Gasteiger partial charge in [-0.25, -0.2) is 4.79 Å². The Morgan fingerprint density at radius 2 is 1.58 bits per heavy atom. The summed E-state index contributed by atoms with van der Waals surface area (Å²) in [4.78, 5) is 22.8. The molecule has 0 saturated heterocycles. The van der Waals surface area contributed by atoms with Gasteiger partial charge in [0.05, 0.1) is 12.1 Å². The Morgan fingerprint density at radius 1 is 1.00 bits per heavy atom. The summed E-state index contributed by atoms with van der Waals surface area (Å²) in [5, 5.41) is 5.12. The lowest BCUT2D eigenvalue weighted by Gasteiger charge is -2.24. The number of amides is 3. The van der Waals surface area contributed by atoms with Crippen LogP contribution in [0.5, 0.6) is 5.75 Å². The standard InChI is InChI=1S/C18H19F2N3O3/c1-11(16(24)23-18(21)25)22-15(12-5-3-2-4-6-12)13-7-9-14(10-8-13)26-17(19)20/h2-11,15,17,22H,1H3,(H3,21,23,24,25)/t11-,15-/m0/s1. The molecule has 6 nitrogen and oxygen atoms in total. The molecular formula is C18H19F2N3O3. The second kappa shape index (κ2) is 8.91. The highest BCUT2D eigenvalue weighted by Crippen LogP contribution is 2.25. The van der Waals surface area contributed by atoms with Crippen molar-refractivity contribution in [3.63, 3.8) is 0 Å². The van der Waals surface area contributed by atoms with Gasteiger partial charge in [0, 0.05) is 0 Å². The van der Waals surface area contributed by atoms with Crippen LogP contribution in [0.25, 0.3) is 0 Å². The quantitative estimate of drug-likeness (QED) is 0.705. The fraction of sp³-hybridized carbons (Fsp3) is 0.222. The lowest BCUT2D eigenvalue weighted by atomic mass is 9.97. The number of hydrogen-bond acceptors (Lipinski definition) is 4. The molecular weight excluding hydrogens is 344 g/mol. The largest absolute Gasteiger partial charge is 0.435 e. The first-order valence-corrected chi connectivity index (χ1v) is 7.83. The van der Waals surface area contributed by atoms with Crippen molar-refractivity contribution in [2.24, 2.45) is 5.73 Å². The maximum atomic E-state index is 12.3. The maximum absolute atomic E-state index is 12.3. The van der Waals surface area contributed by atoms with Crippen LogP contribution < -0.4 is 21.1 Å². The summed E-state index contributed by atoms with van der Waals surface area (Å²) in [5.41, 5.74) is 6.55. The van der Waals surface area contributed by atoms with Gasteiger partial charge < -0.3 is 10.5 Å². The number of hydrogen-bond donors (Lipinski definition) is 3. The van der Waals surface area contributed by atoms with Crippen molar-refractivity contribution in [1.29, 1.82) is 0 Å². The molecule has 138 valence electrons. The van der Waals surface area contributed by atoms with Crippen LogP contribution in [-0.2, 0) is 4.79 Å². The van der Waals surface area contributed by atoms with E-state index in [2.05, 4.69) is 10.1 Å². The number of benzene rings is 2. The van der Waals surface area contributed by atoms with Gasteiger partial charge >= 0.3 is 12.6 Å². The van der Waals surface area contributed by atoms with E-state index in [0.29, 0.717) is 0 Å². The molecule has 0 fully saturated rings. The summed E-state index contributed by atoms with van der Waals surface area (Å²) >= 11 is 0. The van der Waals surface area contributed by atoms with E-state index in [4.69, 9.17) is 5.73 Å². The summed E-state index contributed by atoms with van der Waals surface area (Å²) in [7, 11) is 0. The van der Waals surface area contributed by atoms with E-state index in [1.54, 1.807) is 19.1 Å². The first-order valence-electron chi connectivity index (χ1n) is 7.83. The van der Waals surface area contributed by atoms with Gasteiger partial charge in [0.15, 0.2) is 0 Å². The second-order valence-electron chi connectivity index (χ2n) is 5.53. The SMILES string of the molecule is C[C@H](N[C@@H](c1ccccc1)c1ccc(OC(F)F)cc1)C(=O)NC(N)=O. The highest BCUT2D eigenvalue weighted by atomic mass is 19.3. The summed E-state index contributed by atoms with van der Waals surface area (Å²) in [6, 6.07) is 13.3. The smallest absolute Gasteiger partial charge is 0.387 e. The van der Waals surface area contributed by atoms with Crippen LogP contribution in [0, 0.1) is 0 Å². The normalized spacial score (nSPS) is 13.1. The number of urea groups is 1. The van der Waals surface area contributed by atoms with Crippen LogP contribution in [0.1, 0.15) is 24.1 Å². The molecule has 2 atom stereocenters. The lowest BCUT2D eigenvalue weighted by Crippen LogP contribution is -2.47. The Hall–Kier alpha value is -3.00. The number of ether oxygens (including phenoxy) is 1. The molecule has 0 spiro atoms. The fourth-order valence-corrected chi connectivity index (χ4v) is 2.43. The van der Waals surface area contributed by atoms with Crippen molar-refractivity contribution in [3.05, 3.63) is 65.7 Å². The van der Waals surface area contributed by atoms with Crippen molar-refractivity contribution in [2.45, 2.75) is 25.6 Å².